The van der Waals surface area contributed by atoms with Crippen LogP contribution >= 0.6 is 11.3 Å². The molecule has 0 spiro atoms. The molecular formula is C31H32F3N3O4S. The van der Waals surface area contributed by atoms with Gasteiger partial charge in [-0.25, -0.2) is 9.78 Å². The van der Waals surface area contributed by atoms with Crippen molar-refractivity contribution in [3.05, 3.63) is 59.3 Å². The Morgan fingerprint density at radius 3 is 2.57 bits per heavy atom. The van der Waals surface area contributed by atoms with Crippen LogP contribution in [-0.4, -0.2) is 53.7 Å². The smallest absolute Gasteiger partial charge is 0.490 e. The number of rotatable bonds is 9. The van der Waals surface area contributed by atoms with Crippen LogP contribution < -0.4 is 4.74 Å². The Morgan fingerprint density at radius 2 is 1.93 bits per heavy atom. The minimum Gasteiger partial charge on any atom is -0.490 e. The molecule has 42 heavy (non-hydrogen) atoms. The van der Waals surface area contributed by atoms with E-state index < -0.39 is 24.0 Å². The minimum absolute atomic E-state index is 0.0385. The molecule has 3 aromatic rings. The van der Waals surface area contributed by atoms with Gasteiger partial charge in [0.15, 0.2) is 0 Å². The molecule has 11 heteroatoms. The summed E-state index contributed by atoms with van der Waals surface area (Å²) in [5.74, 6) is -3.73. The number of aromatic nitrogens is 1. The van der Waals surface area contributed by atoms with E-state index in [1.165, 1.54) is 11.1 Å². The number of esters is 2. The lowest BCUT2D eigenvalue weighted by atomic mass is 9.94. The van der Waals surface area contributed by atoms with Gasteiger partial charge in [0, 0.05) is 18.3 Å². The highest BCUT2D eigenvalue weighted by Gasteiger charge is 2.43. The lowest BCUT2D eigenvalue weighted by Gasteiger charge is -2.30. The molecule has 0 bridgehead atoms. The number of benzene rings is 2. The number of hydrogen-bond donors (Lipinski definition) is 0. The summed E-state index contributed by atoms with van der Waals surface area (Å²) in [7, 11) is 0. The second-order valence-corrected chi connectivity index (χ2v) is 11.4. The summed E-state index contributed by atoms with van der Waals surface area (Å²) in [5.41, 5.74) is 4.84. The van der Waals surface area contributed by atoms with E-state index in [4.69, 9.17) is 4.74 Å². The fourth-order valence-corrected chi connectivity index (χ4v) is 6.02. The Bertz CT molecular complexity index is 1470. The van der Waals surface area contributed by atoms with Crippen molar-refractivity contribution < 1.29 is 32.2 Å². The van der Waals surface area contributed by atoms with Crippen LogP contribution in [0.5, 0.6) is 5.75 Å². The van der Waals surface area contributed by atoms with Gasteiger partial charge in [0.25, 0.3) is 0 Å². The minimum atomic E-state index is -5.18. The van der Waals surface area contributed by atoms with Gasteiger partial charge in [-0.15, -0.1) is 11.3 Å². The molecule has 2 aromatic carbocycles. The van der Waals surface area contributed by atoms with Crippen molar-refractivity contribution >= 4 is 23.3 Å². The van der Waals surface area contributed by atoms with Crippen molar-refractivity contribution in [3.63, 3.8) is 0 Å². The van der Waals surface area contributed by atoms with Gasteiger partial charge in [-0.3, -0.25) is 4.79 Å². The molecule has 222 valence electrons. The molecule has 1 saturated heterocycles. The molecule has 1 aromatic heterocycles. The largest absolute Gasteiger partial charge is 0.491 e. The van der Waals surface area contributed by atoms with Crippen LogP contribution in [0.3, 0.4) is 0 Å². The zero-order valence-electron chi connectivity index (χ0n) is 23.7. The van der Waals surface area contributed by atoms with Crippen LogP contribution in [0.15, 0.2) is 42.6 Å². The number of piperidine rings is 1. The fourth-order valence-electron chi connectivity index (χ4n) is 5.06. The van der Waals surface area contributed by atoms with E-state index in [0.29, 0.717) is 37.2 Å². The first-order valence-corrected chi connectivity index (χ1v) is 14.6. The van der Waals surface area contributed by atoms with Crippen molar-refractivity contribution in [2.24, 2.45) is 5.92 Å². The van der Waals surface area contributed by atoms with Gasteiger partial charge in [-0.05, 0) is 87.5 Å². The lowest BCUT2D eigenvalue weighted by Crippen LogP contribution is -2.39. The van der Waals surface area contributed by atoms with Gasteiger partial charge in [-0.1, -0.05) is 25.1 Å². The molecule has 1 aliphatic heterocycles. The second kappa shape index (κ2) is 13.5. The Balaban J connectivity index is 1.41. The average Bonchev–Trinajstić information content (AvgIpc) is 3.45. The predicted molar refractivity (Wildman–Crippen MR) is 153 cm³/mol. The van der Waals surface area contributed by atoms with Crippen molar-refractivity contribution in [3.8, 4) is 32.8 Å². The average molecular weight is 600 g/mol. The zero-order valence-corrected chi connectivity index (χ0v) is 24.5. The number of hydrogen-bond acceptors (Lipinski definition) is 8. The van der Waals surface area contributed by atoms with E-state index in [1.54, 1.807) is 23.5 Å². The molecule has 1 aliphatic rings. The predicted octanol–water partition coefficient (Wildman–Crippen LogP) is 6.58. The molecule has 0 atom stereocenters. The number of likely N-dealkylation sites (tertiary alicyclic amines) is 1. The van der Waals surface area contributed by atoms with Crippen molar-refractivity contribution in [1.82, 2.24) is 9.88 Å². The van der Waals surface area contributed by atoms with Gasteiger partial charge in [0.2, 0.25) is 0 Å². The Morgan fingerprint density at radius 1 is 1.19 bits per heavy atom. The normalized spacial score (nSPS) is 14.5. The van der Waals surface area contributed by atoms with Crippen LogP contribution in [-0.2, 0) is 27.2 Å². The van der Waals surface area contributed by atoms with Crippen molar-refractivity contribution in [2.45, 2.75) is 58.7 Å². The third-order valence-electron chi connectivity index (χ3n) is 7.15. The van der Waals surface area contributed by atoms with Gasteiger partial charge in [0.05, 0.1) is 22.5 Å². The van der Waals surface area contributed by atoms with Crippen LogP contribution in [0.1, 0.15) is 50.3 Å². The molecule has 0 saturated carbocycles. The highest BCUT2D eigenvalue weighted by molar-refractivity contribution is 7.18. The van der Waals surface area contributed by atoms with Gasteiger partial charge >= 0.3 is 18.1 Å². The first kappa shape index (κ1) is 31.2. The van der Waals surface area contributed by atoms with Crippen molar-refractivity contribution in [2.75, 3.05) is 19.6 Å². The van der Waals surface area contributed by atoms with E-state index in [0.717, 1.165) is 40.4 Å². The van der Waals surface area contributed by atoms with E-state index >= 15 is 0 Å². The summed E-state index contributed by atoms with van der Waals surface area (Å²) in [6.45, 7) is 7.73. The zero-order chi connectivity index (χ0) is 30.4. The van der Waals surface area contributed by atoms with E-state index in [1.807, 2.05) is 32.2 Å². The van der Waals surface area contributed by atoms with Crippen molar-refractivity contribution in [1.29, 1.82) is 5.26 Å². The molecule has 0 aliphatic carbocycles. The number of halogens is 3. The molecule has 0 N–H and O–H groups in total. The highest BCUT2D eigenvalue weighted by Crippen LogP contribution is 2.37. The lowest BCUT2D eigenvalue weighted by molar-refractivity contribution is -0.203. The number of thiazole rings is 1. The maximum atomic E-state index is 12.4. The number of nitrogens with zero attached hydrogens (tertiary/aromatic N) is 3. The molecule has 7 nitrogen and oxygen atoms in total. The van der Waals surface area contributed by atoms with Crippen LogP contribution in [0.2, 0.25) is 0 Å². The van der Waals surface area contributed by atoms with E-state index in [9.17, 15) is 28.0 Å². The molecular weight excluding hydrogens is 567 g/mol. The number of nitriles is 1. The molecule has 0 amide bonds. The standard InChI is InChI=1S/C31H32F3N3O4S/c1-4-24-20(10-13-37-14-11-21(12-15-37)29(38)41-30(39)31(32,33)34)6-5-7-25(24)27-18-36-28(42-27)22-8-9-26(40-19(2)3)23(16-22)17-35/h5-9,16,18-19,21H,4,10-15H2,1-3H3. The molecule has 0 radical (unpaired) electrons. The van der Waals surface area contributed by atoms with Crippen LogP contribution in [0.25, 0.3) is 21.0 Å². The molecule has 1 fully saturated rings. The van der Waals surface area contributed by atoms with Gasteiger partial charge < -0.3 is 14.4 Å². The number of carbonyl (C=O) groups is 2. The van der Waals surface area contributed by atoms with Gasteiger partial charge in [0.1, 0.15) is 16.8 Å². The van der Waals surface area contributed by atoms with Gasteiger partial charge in [-0.2, -0.15) is 18.4 Å². The summed E-state index contributed by atoms with van der Waals surface area (Å²) in [6.07, 6.45) is -1.09. The summed E-state index contributed by atoms with van der Waals surface area (Å²) >= 11 is 1.56. The first-order chi connectivity index (χ1) is 20.0. The van der Waals surface area contributed by atoms with Crippen LogP contribution in [0.4, 0.5) is 13.2 Å². The summed E-state index contributed by atoms with van der Waals surface area (Å²) in [6, 6.07) is 13.9. The third-order valence-corrected chi connectivity index (χ3v) is 8.23. The van der Waals surface area contributed by atoms with E-state index in [2.05, 4.69) is 39.7 Å². The topological polar surface area (TPSA) is 92.5 Å². The number of carbonyl (C=O) groups excluding carboxylic acids is 2. The van der Waals surface area contributed by atoms with E-state index in [-0.39, 0.29) is 6.10 Å². The molecule has 0 unspecified atom stereocenters. The number of ether oxygens (including phenoxy) is 2. The Hall–Kier alpha value is -3.75. The monoisotopic (exact) mass is 599 g/mol. The first-order valence-electron chi connectivity index (χ1n) is 13.8. The quantitative estimate of drug-likeness (QED) is 0.203. The SMILES string of the molecule is CCc1c(CCN2CCC(C(=O)OC(=O)C(F)(F)F)CC2)cccc1-c1cnc(-c2ccc(OC(C)C)c(C#N)c2)s1. The molecule has 2 heterocycles. The van der Waals surface area contributed by atoms with Crippen LogP contribution in [0, 0.1) is 17.2 Å². The summed E-state index contributed by atoms with van der Waals surface area (Å²) in [5, 5.41) is 10.4. The third kappa shape index (κ3) is 7.55. The second-order valence-electron chi connectivity index (χ2n) is 10.4. The maximum absolute atomic E-state index is 12.4. The maximum Gasteiger partial charge on any atom is 0.491 e. The Labute approximate surface area is 246 Å². The fraction of sp³-hybridized carbons (Fsp3) is 0.419. The molecule has 4 rings (SSSR count). The Kier molecular flexibility index (Phi) is 10.0. The number of alkyl halides is 3. The highest BCUT2D eigenvalue weighted by atomic mass is 32.1. The summed E-state index contributed by atoms with van der Waals surface area (Å²) in [4.78, 5) is 30.8. The summed E-state index contributed by atoms with van der Waals surface area (Å²) < 4.78 is 47.0.